The number of rotatable bonds is 4. The number of amidine groups is 1. The van der Waals surface area contributed by atoms with Crippen LogP contribution >= 0.6 is 11.6 Å². The molecule has 1 aliphatic carbocycles. The van der Waals surface area contributed by atoms with E-state index in [9.17, 15) is 5.21 Å². The van der Waals surface area contributed by atoms with Gasteiger partial charge in [-0.2, -0.15) is 0 Å². The van der Waals surface area contributed by atoms with Gasteiger partial charge in [-0.3, -0.25) is 0 Å². The van der Waals surface area contributed by atoms with E-state index in [1.807, 2.05) is 24.3 Å². The van der Waals surface area contributed by atoms with Crippen molar-refractivity contribution in [3.05, 3.63) is 65.2 Å². The van der Waals surface area contributed by atoms with Crippen LogP contribution in [-0.2, 0) is 0 Å². The predicted octanol–water partition coefficient (Wildman–Crippen LogP) is 5.90. The molecular weight excluding hydrogens is 320 g/mol. The molecule has 0 aliphatic heterocycles. The first-order valence-electron chi connectivity index (χ1n) is 8.53. The van der Waals surface area contributed by atoms with Crippen LogP contribution in [0.15, 0.2) is 59.8 Å². The lowest BCUT2D eigenvalue weighted by Crippen LogP contribution is -2.21. The fourth-order valence-electron chi connectivity index (χ4n) is 3.55. The maximum atomic E-state index is 9.31. The highest BCUT2D eigenvalue weighted by Gasteiger charge is 2.23. The average molecular weight is 343 g/mol. The Kier molecular flexibility index (Phi) is 5.76. The van der Waals surface area contributed by atoms with Crippen LogP contribution in [0.3, 0.4) is 0 Å². The van der Waals surface area contributed by atoms with Crippen LogP contribution in [0.2, 0.25) is 5.02 Å². The average Bonchev–Trinajstić information content (AvgIpc) is 2.62. The maximum Gasteiger partial charge on any atom is 0.146 e. The van der Waals surface area contributed by atoms with Crippen molar-refractivity contribution in [2.75, 3.05) is 5.32 Å². The van der Waals surface area contributed by atoms with Crippen molar-refractivity contribution >= 4 is 23.1 Å². The summed E-state index contributed by atoms with van der Waals surface area (Å²) in [6.07, 6.45) is 5.49. The highest BCUT2D eigenvalue weighted by atomic mass is 35.5. The predicted molar refractivity (Wildman–Crippen MR) is 100 cm³/mol. The summed E-state index contributed by atoms with van der Waals surface area (Å²) in [5.74, 6) is 1.83. The van der Waals surface area contributed by atoms with E-state index in [0.29, 0.717) is 22.7 Å². The number of nitrogens with one attached hydrogen (secondary N) is 1. The Balaban J connectivity index is 1.53. The molecule has 4 heteroatoms. The molecule has 0 amide bonds. The SMILES string of the molecule is O/N=C(/C[C@H]1CC[C@@H](c2ccccc2)CC1)Nc1cccc(Cl)c1. The topological polar surface area (TPSA) is 44.6 Å². The number of halogens is 1. The van der Waals surface area contributed by atoms with Crippen LogP contribution in [0, 0.1) is 5.92 Å². The third-order valence-corrected chi connectivity index (χ3v) is 5.07. The van der Waals surface area contributed by atoms with E-state index in [1.165, 1.54) is 18.4 Å². The Labute approximate surface area is 148 Å². The maximum absolute atomic E-state index is 9.31. The molecule has 126 valence electrons. The molecule has 0 bridgehead atoms. The van der Waals surface area contributed by atoms with E-state index in [4.69, 9.17) is 11.6 Å². The van der Waals surface area contributed by atoms with Crippen LogP contribution in [0.1, 0.15) is 43.6 Å². The lowest BCUT2D eigenvalue weighted by atomic mass is 9.77. The van der Waals surface area contributed by atoms with Crippen LogP contribution in [-0.4, -0.2) is 11.0 Å². The van der Waals surface area contributed by atoms with Gasteiger partial charge < -0.3 is 10.5 Å². The second-order valence-electron chi connectivity index (χ2n) is 6.51. The van der Waals surface area contributed by atoms with Gasteiger partial charge in [0, 0.05) is 17.1 Å². The van der Waals surface area contributed by atoms with Crippen molar-refractivity contribution in [2.45, 2.75) is 38.0 Å². The van der Waals surface area contributed by atoms with E-state index in [0.717, 1.165) is 24.9 Å². The summed E-state index contributed by atoms with van der Waals surface area (Å²) in [6.45, 7) is 0. The van der Waals surface area contributed by atoms with Crippen molar-refractivity contribution in [1.82, 2.24) is 0 Å². The smallest absolute Gasteiger partial charge is 0.146 e. The van der Waals surface area contributed by atoms with E-state index in [2.05, 4.69) is 40.8 Å². The Hall–Kier alpha value is -2.00. The molecular formula is C20H23ClN2O. The zero-order valence-corrected chi connectivity index (χ0v) is 14.4. The molecule has 0 unspecified atom stereocenters. The van der Waals surface area contributed by atoms with Gasteiger partial charge in [0.05, 0.1) is 0 Å². The lowest BCUT2D eigenvalue weighted by molar-refractivity contribution is 0.306. The van der Waals surface area contributed by atoms with Crippen LogP contribution in [0.5, 0.6) is 0 Å². The molecule has 3 rings (SSSR count). The molecule has 0 atom stereocenters. The van der Waals surface area contributed by atoms with Gasteiger partial charge in [0.2, 0.25) is 0 Å². The summed E-state index contributed by atoms with van der Waals surface area (Å²) >= 11 is 6.00. The summed E-state index contributed by atoms with van der Waals surface area (Å²) in [5, 5.41) is 16.6. The largest absolute Gasteiger partial charge is 0.409 e. The molecule has 0 aromatic heterocycles. The van der Waals surface area contributed by atoms with E-state index in [-0.39, 0.29) is 0 Å². The first-order chi connectivity index (χ1) is 11.7. The minimum absolute atomic E-state index is 0.558. The molecule has 1 fully saturated rings. The molecule has 2 aromatic rings. The van der Waals surface area contributed by atoms with Crippen LogP contribution in [0.4, 0.5) is 5.69 Å². The van der Waals surface area contributed by atoms with Gasteiger partial charge in [0.1, 0.15) is 5.84 Å². The zero-order valence-electron chi connectivity index (χ0n) is 13.7. The third kappa shape index (κ3) is 4.51. The number of oxime groups is 1. The number of hydrogen-bond donors (Lipinski definition) is 2. The first kappa shape index (κ1) is 16.8. The molecule has 24 heavy (non-hydrogen) atoms. The van der Waals surface area contributed by atoms with Gasteiger partial charge in [0.25, 0.3) is 0 Å². The van der Waals surface area contributed by atoms with E-state index < -0.39 is 0 Å². The number of benzene rings is 2. The highest BCUT2D eigenvalue weighted by Crippen LogP contribution is 2.37. The fourth-order valence-corrected chi connectivity index (χ4v) is 3.74. The summed E-state index contributed by atoms with van der Waals surface area (Å²) in [6, 6.07) is 18.2. The number of hydrogen-bond acceptors (Lipinski definition) is 2. The third-order valence-electron chi connectivity index (χ3n) is 4.83. The van der Waals surface area contributed by atoms with Crippen molar-refractivity contribution in [3.63, 3.8) is 0 Å². The zero-order chi connectivity index (χ0) is 16.8. The molecule has 2 aromatic carbocycles. The lowest BCUT2D eigenvalue weighted by Gasteiger charge is -2.29. The highest BCUT2D eigenvalue weighted by molar-refractivity contribution is 6.30. The minimum Gasteiger partial charge on any atom is -0.409 e. The van der Waals surface area contributed by atoms with Crippen molar-refractivity contribution in [1.29, 1.82) is 0 Å². The summed E-state index contributed by atoms with van der Waals surface area (Å²) < 4.78 is 0. The normalized spacial score (nSPS) is 21.5. The number of nitrogens with zero attached hydrogens (tertiary/aromatic N) is 1. The van der Waals surface area contributed by atoms with Crippen LogP contribution in [0.25, 0.3) is 0 Å². The fraction of sp³-hybridized carbons (Fsp3) is 0.350. The van der Waals surface area contributed by atoms with Gasteiger partial charge in [-0.05, 0) is 61.3 Å². The van der Waals surface area contributed by atoms with Gasteiger partial charge in [-0.15, -0.1) is 0 Å². The summed E-state index contributed by atoms with van der Waals surface area (Å²) in [5.41, 5.74) is 2.30. The number of anilines is 1. The molecule has 2 N–H and O–H groups in total. The molecule has 0 saturated heterocycles. The second kappa shape index (κ2) is 8.20. The van der Waals surface area contributed by atoms with Gasteiger partial charge in [-0.1, -0.05) is 53.2 Å². The standard InChI is InChI=1S/C20H23ClN2O/c21-18-7-4-8-19(14-18)22-20(23-24)13-15-9-11-17(12-10-15)16-5-2-1-3-6-16/h1-8,14-15,17,24H,9-13H2,(H,22,23)/t15-,17+. The van der Waals surface area contributed by atoms with Crippen molar-refractivity contribution in [3.8, 4) is 0 Å². The van der Waals surface area contributed by atoms with E-state index >= 15 is 0 Å². The molecule has 0 radical (unpaired) electrons. The molecule has 3 nitrogen and oxygen atoms in total. The Morgan fingerprint density at radius 3 is 2.46 bits per heavy atom. The van der Waals surface area contributed by atoms with Gasteiger partial charge in [-0.25, -0.2) is 0 Å². The first-order valence-corrected chi connectivity index (χ1v) is 8.91. The van der Waals surface area contributed by atoms with E-state index in [1.54, 1.807) is 0 Å². The van der Waals surface area contributed by atoms with Crippen molar-refractivity contribution in [2.24, 2.45) is 11.1 Å². The molecule has 1 saturated carbocycles. The molecule has 0 spiro atoms. The summed E-state index contributed by atoms with van der Waals surface area (Å²) in [4.78, 5) is 0. The molecule has 0 heterocycles. The quantitative estimate of drug-likeness (QED) is 0.314. The van der Waals surface area contributed by atoms with Crippen LogP contribution < -0.4 is 5.32 Å². The Morgan fingerprint density at radius 1 is 1.04 bits per heavy atom. The Bertz CT molecular complexity index is 679. The minimum atomic E-state index is 0.558. The summed E-state index contributed by atoms with van der Waals surface area (Å²) in [7, 11) is 0. The second-order valence-corrected chi connectivity index (χ2v) is 6.95. The van der Waals surface area contributed by atoms with Crippen molar-refractivity contribution < 1.29 is 5.21 Å². The van der Waals surface area contributed by atoms with Gasteiger partial charge in [0.15, 0.2) is 0 Å². The molecule has 1 aliphatic rings. The monoisotopic (exact) mass is 342 g/mol. The Morgan fingerprint density at radius 2 is 1.79 bits per heavy atom. The van der Waals surface area contributed by atoms with Gasteiger partial charge >= 0.3 is 0 Å².